The molecule has 0 bridgehead atoms. The maximum absolute atomic E-state index is 12.9. The van der Waals surface area contributed by atoms with Gasteiger partial charge in [0.15, 0.2) is 11.2 Å². The molecule has 1 amide bonds. The first kappa shape index (κ1) is 16.0. The fourth-order valence-corrected chi connectivity index (χ4v) is 3.23. The third-order valence-electron chi connectivity index (χ3n) is 3.70. The van der Waals surface area contributed by atoms with Crippen molar-refractivity contribution in [2.45, 2.75) is 6.04 Å². The number of anilines is 1. The van der Waals surface area contributed by atoms with Crippen LogP contribution in [0.5, 0.6) is 0 Å². The predicted molar refractivity (Wildman–Crippen MR) is 96.4 cm³/mol. The Morgan fingerprint density at radius 1 is 1.12 bits per heavy atom. The Labute approximate surface area is 152 Å². The third kappa shape index (κ3) is 3.33. The second-order valence-electron chi connectivity index (χ2n) is 5.37. The van der Waals surface area contributed by atoms with Crippen LogP contribution >= 0.6 is 11.3 Å². The van der Waals surface area contributed by atoms with Crippen molar-refractivity contribution in [3.63, 3.8) is 0 Å². The summed E-state index contributed by atoms with van der Waals surface area (Å²) < 4.78 is 1.42. The molecule has 3 heterocycles. The van der Waals surface area contributed by atoms with Crippen LogP contribution in [0.4, 0.5) is 5.13 Å². The summed E-state index contributed by atoms with van der Waals surface area (Å²) in [6, 6.07) is 12.4. The molecule has 0 radical (unpaired) electrons. The van der Waals surface area contributed by atoms with Gasteiger partial charge < -0.3 is 0 Å². The molecule has 26 heavy (non-hydrogen) atoms. The van der Waals surface area contributed by atoms with Crippen LogP contribution in [0.25, 0.3) is 11.3 Å². The zero-order valence-corrected chi connectivity index (χ0v) is 14.2. The third-order valence-corrected chi connectivity index (χ3v) is 4.46. The molecule has 0 saturated heterocycles. The van der Waals surface area contributed by atoms with Crippen LogP contribution in [0.1, 0.15) is 11.6 Å². The van der Waals surface area contributed by atoms with Crippen molar-refractivity contribution >= 4 is 22.4 Å². The fourth-order valence-electron chi connectivity index (χ4n) is 2.51. The first-order valence-electron chi connectivity index (χ1n) is 7.75. The molecule has 0 aliphatic carbocycles. The van der Waals surface area contributed by atoms with Gasteiger partial charge in [-0.25, -0.2) is 9.67 Å². The topological polar surface area (TPSA) is 98.5 Å². The van der Waals surface area contributed by atoms with E-state index >= 15 is 0 Å². The van der Waals surface area contributed by atoms with Crippen molar-refractivity contribution in [2.24, 2.45) is 0 Å². The Morgan fingerprint density at radius 2 is 1.92 bits per heavy atom. The minimum absolute atomic E-state index is 0.265. The molecule has 1 unspecified atom stereocenters. The fraction of sp³-hybridized carbons (Fsp3) is 0.0588. The molecule has 0 fully saturated rings. The van der Waals surface area contributed by atoms with E-state index in [1.807, 2.05) is 47.8 Å². The van der Waals surface area contributed by atoms with E-state index in [2.05, 4.69) is 30.8 Å². The molecule has 0 aliphatic heterocycles. The normalized spacial score (nSPS) is 11.8. The summed E-state index contributed by atoms with van der Waals surface area (Å²) in [6.45, 7) is 0. The van der Waals surface area contributed by atoms with E-state index in [0.29, 0.717) is 5.13 Å². The number of amides is 1. The number of pyridine rings is 1. The average Bonchev–Trinajstić information content (AvgIpc) is 3.36. The van der Waals surface area contributed by atoms with Crippen LogP contribution in [0.3, 0.4) is 0 Å². The Balaban J connectivity index is 1.59. The lowest BCUT2D eigenvalue weighted by atomic mass is 10.1. The quantitative estimate of drug-likeness (QED) is 0.585. The number of thiazole rings is 1. The van der Waals surface area contributed by atoms with E-state index in [1.54, 1.807) is 12.4 Å². The average molecular weight is 363 g/mol. The number of tetrazole rings is 1. The number of nitrogens with one attached hydrogen (secondary N) is 1. The van der Waals surface area contributed by atoms with Crippen LogP contribution in [-0.2, 0) is 4.79 Å². The Morgan fingerprint density at radius 3 is 2.65 bits per heavy atom. The summed E-state index contributed by atoms with van der Waals surface area (Å²) in [7, 11) is 0. The highest BCUT2D eigenvalue weighted by Gasteiger charge is 2.24. The van der Waals surface area contributed by atoms with Crippen molar-refractivity contribution in [1.82, 2.24) is 30.2 Å². The van der Waals surface area contributed by atoms with Gasteiger partial charge in [-0.15, -0.1) is 16.4 Å². The van der Waals surface area contributed by atoms with Gasteiger partial charge in [0.1, 0.15) is 6.33 Å². The minimum atomic E-state index is -0.681. The SMILES string of the molecule is O=C(Nc1nc(-c2ccncc2)cs1)C(c1ccccc1)n1cnnn1. The number of nitrogens with zero attached hydrogens (tertiary/aromatic N) is 6. The van der Waals surface area contributed by atoms with Gasteiger partial charge in [0.25, 0.3) is 5.91 Å². The number of rotatable bonds is 5. The summed E-state index contributed by atoms with van der Waals surface area (Å²) in [6.07, 6.45) is 4.83. The van der Waals surface area contributed by atoms with Crippen LogP contribution < -0.4 is 5.32 Å². The van der Waals surface area contributed by atoms with Crippen LogP contribution in [0.15, 0.2) is 66.6 Å². The predicted octanol–water partition coefficient (Wildman–Crippen LogP) is 2.42. The zero-order chi connectivity index (χ0) is 17.8. The van der Waals surface area contributed by atoms with Crippen LogP contribution in [-0.4, -0.2) is 36.1 Å². The summed E-state index contributed by atoms with van der Waals surface area (Å²) in [5.41, 5.74) is 2.51. The highest BCUT2D eigenvalue weighted by Crippen LogP contribution is 2.26. The minimum Gasteiger partial charge on any atom is -0.300 e. The van der Waals surface area contributed by atoms with E-state index in [0.717, 1.165) is 16.8 Å². The molecule has 1 N–H and O–H groups in total. The van der Waals surface area contributed by atoms with E-state index in [4.69, 9.17) is 0 Å². The van der Waals surface area contributed by atoms with Crippen molar-refractivity contribution in [1.29, 1.82) is 0 Å². The molecular weight excluding hydrogens is 350 g/mol. The molecule has 128 valence electrons. The van der Waals surface area contributed by atoms with Gasteiger partial charge in [0, 0.05) is 23.3 Å². The molecule has 1 aromatic carbocycles. The molecule has 8 nitrogen and oxygen atoms in total. The summed E-state index contributed by atoms with van der Waals surface area (Å²) in [5, 5.41) is 16.4. The Kier molecular flexibility index (Phi) is 4.44. The molecular formula is C17H13N7OS. The number of carbonyl (C=O) groups is 1. The maximum atomic E-state index is 12.9. The molecule has 0 saturated carbocycles. The largest absolute Gasteiger partial charge is 0.300 e. The maximum Gasteiger partial charge on any atom is 0.255 e. The Hall–Kier alpha value is -3.46. The van der Waals surface area contributed by atoms with Crippen molar-refractivity contribution < 1.29 is 4.79 Å². The van der Waals surface area contributed by atoms with Gasteiger partial charge in [-0.1, -0.05) is 30.3 Å². The van der Waals surface area contributed by atoms with Gasteiger partial charge in [0.05, 0.1) is 5.69 Å². The summed E-state index contributed by atoms with van der Waals surface area (Å²) in [4.78, 5) is 21.4. The second-order valence-corrected chi connectivity index (χ2v) is 6.22. The monoisotopic (exact) mass is 363 g/mol. The van der Waals surface area contributed by atoms with Gasteiger partial charge in [-0.2, -0.15) is 0 Å². The van der Waals surface area contributed by atoms with Crippen LogP contribution in [0, 0.1) is 0 Å². The molecule has 9 heteroatoms. The van der Waals surface area contributed by atoms with E-state index in [-0.39, 0.29) is 5.91 Å². The van der Waals surface area contributed by atoms with Crippen molar-refractivity contribution in [3.8, 4) is 11.3 Å². The number of hydrogen-bond acceptors (Lipinski definition) is 7. The highest BCUT2D eigenvalue weighted by molar-refractivity contribution is 7.14. The Bertz CT molecular complexity index is 986. The van der Waals surface area contributed by atoms with Gasteiger partial charge >= 0.3 is 0 Å². The van der Waals surface area contributed by atoms with Gasteiger partial charge in [-0.05, 0) is 28.1 Å². The lowest BCUT2D eigenvalue weighted by Gasteiger charge is -2.15. The van der Waals surface area contributed by atoms with Gasteiger partial charge in [-0.3, -0.25) is 15.1 Å². The summed E-state index contributed by atoms with van der Waals surface area (Å²) >= 11 is 1.36. The molecule has 1 atom stereocenters. The van der Waals surface area contributed by atoms with E-state index in [9.17, 15) is 4.79 Å². The number of aromatic nitrogens is 6. The highest BCUT2D eigenvalue weighted by atomic mass is 32.1. The van der Waals surface area contributed by atoms with Crippen LogP contribution in [0.2, 0.25) is 0 Å². The lowest BCUT2D eigenvalue weighted by Crippen LogP contribution is -2.27. The lowest BCUT2D eigenvalue weighted by molar-refractivity contribution is -0.118. The molecule has 0 spiro atoms. The van der Waals surface area contributed by atoms with Crippen molar-refractivity contribution in [2.75, 3.05) is 5.32 Å². The summed E-state index contributed by atoms with van der Waals surface area (Å²) in [5.74, 6) is -0.265. The van der Waals surface area contributed by atoms with E-state index in [1.165, 1.54) is 22.3 Å². The first-order chi connectivity index (χ1) is 12.8. The smallest absolute Gasteiger partial charge is 0.255 e. The number of carbonyl (C=O) groups excluding carboxylic acids is 1. The zero-order valence-electron chi connectivity index (χ0n) is 13.4. The van der Waals surface area contributed by atoms with Crippen molar-refractivity contribution in [3.05, 3.63) is 72.1 Å². The first-order valence-corrected chi connectivity index (χ1v) is 8.63. The molecule has 3 aromatic heterocycles. The molecule has 4 rings (SSSR count). The molecule has 0 aliphatic rings. The van der Waals surface area contributed by atoms with E-state index < -0.39 is 6.04 Å². The van der Waals surface area contributed by atoms with Gasteiger partial charge in [0.2, 0.25) is 0 Å². The number of hydrogen-bond donors (Lipinski definition) is 1. The number of benzene rings is 1. The molecule has 4 aromatic rings. The standard InChI is InChI=1S/C17H13N7OS/c25-16(15(24-11-19-22-23-24)13-4-2-1-3-5-13)21-17-20-14(10-26-17)12-6-8-18-9-7-12/h1-11,15H,(H,20,21,25). The second kappa shape index (κ2) is 7.19.